The van der Waals surface area contributed by atoms with Gasteiger partial charge in [-0.3, -0.25) is 9.59 Å². The van der Waals surface area contributed by atoms with Gasteiger partial charge in [-0.1, -0.05) is 19.1 Å². The third kappa shape index (κ3) is 7.10. The quantitative estimate of drug-likeness (QED) is 0.313. The number of carbonyl (C=O) groups excluding carboxylic acids is 2. The van der Waals surface area contributed by atoms with Crippen LogP contribution in [0.3, 0.4) is 0 Å². The second-order valence-electron chi connectivity index (χ2n) is 6.89. The lowest BCUT2D eigenvalue weighted by Gasteiger charge is -2.13. The normalized spacial score (nSPS) is 10.5. The van der Waals surface area contributed by atoms with Crippen LogP contribution in [0.2, 0.25) is 0 Å². The van der Waals surface area contributed by atoms with Crippen molar-refractivity contribution in [2.24, 2.45) is 0 Å². The van der Waals surface area contributed by atoms with E-state index in [9.17, 15) is 14.7 Å². The van der Waals surface area contributed by atoms with Gasteiger partial charge < -0.3 is 19.3 Å². The summed E-state index contributed by atoms with van der Waals surface area (Å²) in [6, 6.07) is 10.8. The maximum Gasteiger partial charge on any atom is 0.306 e. The molecule has 1 N–H and O–H groups in total. The summed E-state index contributed by atoms with van der Waals surface area (Å²) in [4.78, 5) is 23.0. The van der Waals surface area contributed by atoms with E-state index in [1.807, 2.05) is 31.2 Å². The summed E-state index contributed by atoms with van der Waals surface area (Å²) in [5.41, 5.74) is 2.25. The fourth-order valence-corrected chi connectivity index (χ4v) is 2.97. The van der Waals surface area contributed by atoms with E-state index in [-0.39, 0.29) is 17.5 Å². The van der Waals surface area contributed by atoms with Gasteiger partial charge in [0.2, 0.25) is 0 Å². The third-order valence-corrected chi connectivity index (χ3v) is 4.60. The molecule has 0 atom stereocenters. The van der Waals surface area contributed by atoms with Crippen LogP contribution in [0.1, 0.15) is 55.1 Å². The zero-order valence-electron chi connectivity index (χ0n) is 17.9. The average Bonchev–Trinajstić information content (AvgIpc) is 2.73. The van der Waals surface area contributed by atoms with E-state index in [2.05, 4.69) is 0 Å². The van der Waals surface area contributed by atoms with E-state index in [1.165, 1.54) is 13.0 Å². The summed E-state index contributed by atoms with van der Waals surface area (Å²) in [5.74, 6) is 0.926. The van der Waals surface area contributed by atoms with E-state index >= 15 is 0 Å². The molecule has 30 heavy (non-hydrogen) atoms. The van der Waals surface area contributed by atoms with E-state index < -0.39 is 0 Å². The van der Waals surface area contributed by atoms with Crippen LogP contribution < -0.4 is 9.47 Å². The Hall–Kier alpha value is -3.02. The first-order valence-corrected chi connectivity index (χ1v) is 10.3. The standard InChI is InChI=1S/C24H30O6/c1-4-19-15-21(17(3)25)22(26)16-23(19)30-14-6-13-29-20-10-7-18(8-11-20)9-12-24(27)28-5-2/h7-8,10-11,15-16,26H,4-6,9,12-14H2,1-3H3. The van der Waals surface area contributed by atoms with Crippen LogP contribution in [0, 0.1) is 0 Å². The summed E-state index contributed by atoms with van der Waals surface area (Å²) in [7, 11) is 0. The molecule has 0 saturated heterocycles. The van der Waals surface area contributed by atoms with Crippen molar-refractivity contribution in [1.82, 2.24) is 0 Å². The molecule has 0 saturated carbocycles. The van der Waals surface area contributed by atoms with Crippen molar-refractivity contribution in [3.63, 3.8) is 0 Å². The highest BCUT2D eigenvalue weighted by molar-refractivity contribution is 5.97. The highest BCUT2D eigenvalue weighted by atomic mass is 16.5. The fraction of sp³-hybridized carbons (Fsp3) is 0.417. The molecule has 0 amide bonds. The number of phenolic OH excluding ortho intramolecular Hbond substituents is 1. The molecular weight excluding hydrogens is 384 g/mol. The Balaban J connectivity index is 1.76. The molecule has 0 aliphatic heterocycles. The van der Waals surface area contributed by atoms with Crippen LogP contribution in [0.4, 0.5) is 0 Å². The van der Waals surface area contributed by atoms with Gasteiger partial charge in [0.25, 0.3) is 0 Å². The van der Waals surface area contributed by atoms with Crippen molar-refractivity contribution in [3.05, 3.63) is 53.1 Å². The lowest BCUT2D eigenvalue weighted by Crippen LogP contribution is -2.07. The Morgan fingerprint density at radius 2 is 1.70 bits per heavy atom. The van der Waals surface area contributed by atoms with Crippen LogP contribution in [0.15, 0.2) is 36.4 Å². The monoisotopic (exact) mass is 414 g/mol. The molecule has 2 aromatic carbocycles. The minimum absolute atomic E-state index is 0.0611. The second-order valence-corrected chi connectivity index (χ2v) is 6.89. The number of carbonyl (C=O) groups is 2. The number of hydrogen-bond donors (Lipinski definition) is 1. The van der Waals surface area contributed by atoms with Gasteiger partial charge in [0.1, 0.15) is 17.2 Å². The van der Waals surface area contributed by atoms with Gasteiger partial charge >= 0.3 is 5.97 Å². The number of aromatic hydroxyl groups is 1. The molecule has 0 fully saturated rings. The Bertz CT molecular complexity index is 842. The van der Waals surface area contributed by atoms with Crippen molar-refractivity contribution in [2.45, 2.75) is 46.5 Å². The van der Waals surface area contributed by atoms with Gasteiger partial charge in [-0.25, -0.2) is 0 Å². The van der Waals surface area contributed by atoms with Crippen molar-refractivity contribution < 1.29 is 28.9 Å². The molecule has 2 rings (SSSR count). The largest absolute Gasteiger partial charge is 0.507 e. The zero-order chi connectivity index (χ0) is 21.9. The second kappa shape index (κ2) is 11.9. The molecule has 0 aromatic heterocycles. The molecule has 0 heterocycles. The van der Waals surface area contributed by atoms with E-state index in [0.717, 1.165) is 16.9 Å². The fourth-order valence-electron chi connectivity index (χ4n) is 2.97. The molecular formula is C24H30O6. The summed E-state index contributed by atoms with van der Waals surface area (Å²) >= 11 is 0. The maximum atomic E-state index is 11.6. The molecule has 2 aromatic rings. The Kier molecular flexibility index (Phi) is 9.19. The highest BCUT2D eigenvalue weighted by Gasteiger charge is 2.12. The van der Waals surface area contributed by atoms with Crippen LogP contribution in [-0.4, -0.2) is 36.7 Å². The molecule has 0 radical (unpaired) electrons. The van der Waals surface area contributed by atoms with Crippen molar-refractivity contribution in [2.75, 3.05) is 19.8 Å². The van der Waals surface area contributed by atoms with Gasteiger partial charge in [-0.05, 0) is 56.0 Å². The number of benzene rings is 2. The topological polar surface area (TPSA) is 82.1 Å². The van der Waals surface area contributed by atoms with Crippen molar-refractivity contribution in [1.29, 1.82) is 0 Å². The summed E-state index contributed by atoms with van der Waals surface area (Å²) in [6.07, 6.45) is 2.38. The lowest BCUT2D eigenvalue weighted by molar-refractivity contribution is -0.143. The van der Waals surface area contributed by atoms with Gasteiger partial charge in [0.15, 0.2) is 5.78 Å². The molecule has 162 valence electrons. The molecule has 0 aliphatic carbocycles. The SMILES string of the molecule is CCOC(=O)CCc1ccc(OCCCOc2cc(O)c(C(C)=O)cc2CC)cc1. The number of rotatable bonds is 12. The highest BCUT2D eigenvalue weighted by Crippen LogP contribution is 2.29. The molecule has 6 heteroatoms. The van der Waals surface area contributed by atoms with Crippen LogP contribution in [-0.2, 0) is 22.4 Å². The van der Waals surface area contributed by atoms with Crippen molar-refractivity contribution in [3.8, 4) is 17.2 Å². The van der Waals surface area contributed by atoms with Gasteiger partial charge in [-0.2, -0.15) is 0 Å². The predicted octanol–water partition coefficient (Wildman–Crippen LogP) is 4.50. The minimum atomic E-state index is -0.187. The Morgan fingerprint density at radius 3 is 2.33 bits per heavy atom. The first-order chi connectivity index (χ1) is 14.4. The van der Waals surface area contributed by atoms with Gasteiger partial charge in [0.05, 0.1) is 25.4 Å². The summed E-state index contributed by atoms with van der Waals surface area (Å²) in [6.45, 7) is 6.53. The lowest BCUT2D eigenvalue weighted by atomic mass is 10.0. The number of ether oxygens (including phenoxy) is 3. The Morgan fingerprint density at radius 1 is 1.00 bits per heavy atom. The molecule has 0 aliphatic rings. The maximum absolute atomic E-state index is 11.6. The molecule has 0 spiro atoms. The third-order valence-electron chi connectivity index (χ3n) is 4.60. The first kappa shape index (κ1) is 23.3. The van der Waals surface area contributed by atoms with E-state index in [1.54, 1.807) is 13.0 Å². The smallest absolute Gasteiger partial charge is 0.306 e. The zero-order valence-corrected chi connectivity index (χ0v) is 17.9. The summed E-state index contributed by atoms with van der Waals surface area (Å²) in [5, 5.41) is 10.00. The number of aryl methyl sites for hydroxylation is 2. The van der Waals surface area contributed by atoms with Crippen LogP contribution >= 0.6 is 0 Å². The average molecular weight is 414 g/mol. The number of hydrogen-bond acceptors (Lipinski definition) is 6. The molecule has 6 nitrogen and oxygen atoms in total. The van der Waals surface area contributed by atoms with Gasteiger partial charge in [0, 0.05) is 18.9 Å². The number of esters is 1. The Labute approximate surface area is 177 Å². The number of phenols is 1. The molecule has 0 unspecified atom stereocenters. The van der Waals surface area contributed by atoms with Gasteiger partial charge in [-0.15, -0.1) is 0 Å². The number of Topliss-reactive ketones (excluding diaryl/α,β-unsaturated/α-hetero) is 1. The van der Waals surface area contributed by atoms with E-state index in [4.69, 9.17) is 14.2 Å². The predicted molar refractivity (Wildman–Crippen MR) is 114 cm³/mol. The van der Waals surface area contributed by atoms with Crippen LogP contribution in [0.5, 0.6) is 17.2 Å². The minimum Gasteiger partial charge on any atom is -0.507 e. The van der Waals surface area contributed by atoms with Crippen LogP contribution in [0.25, 0.3) is 0 Å². The van der Waals surface area contributed by atoms with Crippen molar-refractivity contribution >= 4 is 11.8 Å². The molecule has 0 bridgehead atoms. The number of ketones is 1. The van der Waals surface area contributed by atoms with E-state index in [0.29, 0.717) is 56.8 Å². The summed E-state index contributed by atoms with van der Waals surface area (Å²) < 4.78 is 16.4. The first-order valence-electron chi connectivity index (χ1n) is 10.3.